The summed E-state index contributed by atoms with van der Waals surface area (Å²) in [5.74, 6) is 0.759. The highest BCUT2D eigenvalue weighted by Gasteiger charge is 2.34. The zero-order valence-electron chi connectivity index (χ0n) is 14.9. The predicted octanol–water partition coefficient (Wildman–Crippen LogP) is 3.37. The van der Waals surface area contributed by atoms with Crippen LogP contribution in [-0.4, -0.2) is 23.3 Å². The molecule has 1 saturated carbocycles. The molecule has 0 spiro atoms. The van der Waals surface area contributed by atoms with Gasteiger partial charge in [-0.2, -0.15) is 0 Å². The van der Waals surface area contributed by atoms with Crippen molar-refractivity contribution in [3.8, 4) is 5.75 Å². The van der Waals surface area contributed by atoms with Crippen molar-refractivity contribution in [1.29, 1.82) is 0 Å². The van der Waals surface area contributed by atoms with Crippen LogP contribution in [-0.2, 0) is 13.2 Å². The van der Waals surface area contributed by atoms with Crippen molar-refractivity contribution in [2.24, 2.45) is 0 Å². The molecule has 0 heterocycles. The van der Waals surface area contributed by atoms with Crippen LogP contribution < -0.4 is 15.4 Å². The minimum absolute atomic E-state index is 0.0167. The van der Waals surface area contributed by atoms with Crippen molar-refractivity contribution in [2.75, 3.05) is 6.61 Å². The third-order valence-corrected chi connectivity index (χ3v) is 4.89. The van der Waals surface area contributed by atoms with E-state index in [9.17, 15) is 9.90 Å². The second kappa shape index (κ2) is 8.72. The molecule has 2 amide bonds. The number of urea groups is 1. The molecule has 0 aliphatic heterocycles. The Bertz CT molecular complexity index is 712. The van der Waals surface area contributed by atoms with E-state index in [1.54, 1.807) is 0 Å². The Hall–Kier alpha value is -2.53. The van der Waals surface area contributed by atoms with Gasteiger partial charge in [0, 0.05) is 12.1 Å². The maximum Gasteiger partial charge on any atom is 0.315 e. The van der Waals surface area contributed by atoms with Crippen molar-refractivity contribution < 1.29 is 14.6 Å². The van der Waals surface area contributed by atoms with Gasteiger partial charge in [-0.05, 0) is 24.5 Å². The van der Waals surface area contributed by atoms with Crippen LogP contribution in [0.5, 0.6) is 5.75 Å². The van der Waals surface area contributed by atoms with E-state index in [0.29, 0.717) is 13.2 Å². The number of ether oxygens (including phenoxy) is 1. The predicted molar refractivity (Wildman–Crippen MR) is 101 cm³/mol. The number of para-hydroxylation sites is 1. The van der Waals surface area contributed by atoms with Gasteiger partial charge in [-0.3, -0.25) is 0 Å². The van der Waals surface area contributed by atoms with Crippen molar-refractivity contribution in [1.82, 2.24) is 10.6 Å². The van der Waals surface area contributed by atoms with Crippen molar-refractivity contribution >= 4 is 6.03 Å². The molecule has 3 rings (SSSR count). The Balaban J connectivity index is 1.55. The second-order valence-corrected chi connectivity index (χ2v) is 6.84. The molecule has 0 radical (unpaired) electrons. The number of hydrogen-bond acceptors (Lipinski definition) is 3. The van der Waals surface area contributed by atoms with Crippen molar-refractivity contribution in [3.63, 3.8) is 0 Å². The Labute approximate surface area is 154 Å². The van der Waals surface area contributed by atoms with Crippen LogP contribution in [0.25, 0.3) is 0 Å². The van der Waals surface area contributed by atoms with E-state index in [2.05, 4.69) is 10.6 Å². The first-order valence-electron chi connectivity index (χ1n) is 9.12. The molecule has 5 nitrogen and oxygen atoms in total. The van der Waals surface area contributed by atoms with Gasteiger partial charge >= 0.3 is 6.03 Å². The van der Waals surface area contributed by atoms with Crippen molar-refractivity contribution in [2.45, 2.75) is 44.4 Å². The number of hydrogen-bond donors (Lipinski definition) is 3. The van der Waals surface area contributed by atoms with Gasteiger partial charge in [-0.1, -0.05) is 61.4 Å². The van der Waals surface area contributed by atoms with Gasteiger partial charge in [0.05, 0.1) is 12.1 Å². The SMILES string of the molecule is O=C(NCc1ccccc1OCc1ccccc1)NC1(CO)CCCC1. The zero-order chi connectivity index (χ0) is 18.2. The van der Waals surface area contributed by atoms with E-state index in [0.717, 1.165) is 42.6 Å². The topological polar surface area (TPSA) is 70.6 Å². The molecule has 0 atom stereocenters. The van der Waals surface area contributed by atoms with Crippen LogP contribution in [0.1, 0.15) is 36.8 Å². The highest BCUT2D eigenvalue weighted by atomic mass is 16.5. The molecule has 0 saturated heterocycles. The smallest absolute Gasteiger partial charge is 0.315 e. The molecule has 1 aliphatic carbocycles. The number of rotatable bonds is 7. The van der Waals surface area contributed by atoms with Crippen molar-refractivity contribution in [3.05, 3.63) is 65.7 Å². The fourth-order valence-corrected chi connectivity index (χ4v) is 3.36. The number of carbonyl (C=O) groups is 1. The largest absolute Gasteiger partial charge is 0.489 e. The van der Waals surface area contributed by atoms with Crippen LogP contribution in [0.15, 0.2) is 54.6 Å². The third-order valence-electron chi connectivity index (χ3n) is 4.89. The molecule has 1 fully saturated rings. The number of amides is 2. The minimum Gasteiger partial charge on any atom is -0.489 e. The molecular formula is C21H26N2O3. The maximum absolute atomic E-state index is 12.3. The second-order valence-electron chi connectivity index (χ2n) is 6.84. The summed E-state index contributed by atoms with van der Waals surface area (Å²) in [4.78, 5) is 12.3. The molecule has 0 unspecified atom stereocenters. The molecule has 0 aromatic heterocycles. The molecule has 2 aromatic carbocycles. The summed E-state index contributed by atoms with van der Waals surface area (Å²) in [5, 5.41) is 15.4. The zero-order valence-corrected chi connectivity index (χ0v) is 14.9. The lowest BCUT2D eigenvalue weighted by atomic mass is 9.99. The quantitative estimate of drug-likeness (QED) is 0.714. The van der Waals surface area contributed by atoms with E-state index in [1.165, 1.54) is 0 Å². The lowest BCUT2D eigenvalue weighted by Gasteiger charge is -2.28. The molecule has 3 N–H and O–H groups in total. The maximum atomic E-state index is 12.3. The van der Waals surface area contributed by atoms with Crippen LogP contribution in [0.4, 0.5) is 4.79 Å². The van der Waals surface area contributed by atoms with Gasteiger partial charge in [0.15, 0.2) is 0 Å². The summed E-state index contributed by atoms with van der Waals surface area (Å²) >= 11 is 0. The Kier molecular flexibility index (Phi) is 6.12. The van der Waals surface area contributed by atoms with Gasteiger partial charge in [0.1, 0.15) is 12.4 Å². The number of carbonyl (C=O) groups excluding carboxylic acids is 1. The van der Waals surface area contributed by atoms with Crippen LogP contribution in [0.3, 0.4) is 0 Å². The molecule has 2 aromatic rings. The number of benzene rings is 2. The summed E-state index contributed by atoms with van der Waals surface area (Å²) < 4.78 is 5.92. The molecular weight excluding hydrogens is 328 g/mol. The molecule has 138 valence electrons. The Morgan fingerprint density at radius 2 is 1.73 bits per heavy atom. The number of nitrogens with one attached hydrogen (secondary N) is 2. The first-order valence-corrected chi connectivity index (χ1v) is 9.12. The molecule has 1 aliphatic rings. The first-order chi connectivity index (χ1) is 12.7. The normalized spacial score (nSPS) is 15.4. The van der Waals surface area contributed by atoms with Crippen LogP contribution in [0.2, 0.25) is 0 Å². The van der Waals surface area contributed by atoms with Gasteiger partial charge in [0.2, 0.25) is 0 Å². The van der Waals surface area contributed by atoms with Gasteiger partial charge < -0.3 is 20.5 Å². The van der Waals surface area contributed by atoms with Crippen LogP contribution >= 0.6 is 0 Å². The number of aliphatic hydroxyl groups excluding tert-OH is 1. The average molecular weight is 354 g/mol. The summed E-state index contributed by atoms with van der Waals surface area (Å²) in [6.07, 6.45) is 3.73. The summed E-state index contributed by atoms with van der Waals surface area (Å²) in [5.41, 5.74) is 1.55. The van der Waals surface area contributed by atoms with E-state index in [4.69, 9.17) is 4.74 Å². The van der Waals surface area contributed by atoms with E-state index < -0.39 is 5.54 Å². The van der Waals surface area contributed by atoms with Gasteiger partial charge in [0.25, 0.3) is 0 Å². The van der Waals surface area contributed by atoms with E-state index >= 15 is 0 Å². The molecule has 0 bridgehead atoms. The summed E-state index contributed by atoms with van der Waals surface area (Å²) in [7, 11) is 0. The minimum atomic E-state index is -0.465. The fourth-order valence-electron chi connectivity index (χ4n) is 3.36. The van der Waals surface area contributed by atoms with E-state index in [1.807, 2.05) is 54.6 Å². The third kappa shape index (κ3) is 4.76. The fraction of sp³-hybridized carbons (Fsp3) is 0.381. The Morgan fingerprint density at radius 1 is 1.04 bits per heavy atom. The highest BCUT2D eigenvalue weighted by Crippen LogP contribution is 2.29. The Morgan fingerprint density at radius 3 is 2.46 bits per heavy atom. The van der Waals surface area contributed by atoms with Crippen LogP contribution in [0, 0.1) is 0 Å². The summed E-state index contributed by atoms with van der Waals surface area (Å²) in [6, 6.07) is 17.4. The average Bonchev–Trinajstić information content (AvgIpc) is 3.15. The lowest BCUT2D eigenvalue weighted by Crippen LogP contribution is -2.52. The lowest BCUT2D eigenvalue weighted by molar-refractivity contribution is 0.162. The van der Waals surface area contributed by atoms with Gasteiger partial charge in [-0.25, -0.2) is 4.79 Å². The highest BCUT2D eigenvalue weighted by molar-refractivity contribution is 5.75. The number of aliphatic hydroxyl groups is 1. The standard InChI is InChI=1S/C21H26N2O3/c24-16-21(12-6-7-13-21)23-20(25)22-14-18-10-4-5-11-19(18)26-15-17-8-2-1-3-9-17/h1-5,8-11,24H,6-7,12-16H2,(H2,22,23,25). The first kappa shape index (κ1) is 18.3. The monoisotopic (exact) mass is 354 g/mol. The summed E-state index contributed by atoms with van der Waals surface area (Å²) in [6.45, 7) is 0.840. The molecule has 26 heavy (non-hydrogen) atoms. The van der Waals surface area contributed by atoms with E-state index in [-0.39, 0.29) is 12.6 Å². The molecule has 5 heteroatoms. The van der Waals surface area contributed by atoms with Gasteiger partial charge in [-0.15, -0.1) is 0 Å².